The highest BCUT2D eigenvalue weighted by atomic mass is 79.9. The quantitative estimate of drug-likeness (QED) is 0.837. The van der Waals surface area contributed by atoms with E-state index in [2.05, 4.69) is 15.9 Å². The number of primary sulfonamides is 1. The SMILES string of the molecule is NS(=O)(=O)c1ccc(Br)c(C(=O)O)c1. The molecule has 0 saturated heterocycles. The summed E-state index contributed by atoms with van der Waals surface area (Å²) in [6.07, 6.45) is 0. The average molecular weight is 280 g/mol. The Morgan fingerprint density at radius 2 is 2.00 bits per heavy atom. The Hall–Kier alpha value is -0.920. The fourth-order valence-electron chi connectivity index (χ4n) is 0.845. The number of aromatic carboxylic acids is 1. The van der Waals surface area contributed by atoms with Gasteiger partial charge >= 0.3 is 5.97 Å². The summed E-state index contributed by atoms with van der Waals surface area (Å²) in [6.45, 7) is 0. The number of rotatable bonds is 2. The number of benzene rings is 1. The molecule has 0 aliphatic carbocycles. The third-order valence-corrected chi connectivity index (χ3v) is 3.10. The summed E-state index contributed by atoms with van der Waals surface area (Å²) in [5, 5.41) is 13.5. The first-order chi connectivity index (χ1) is 6.32. The molecule has 1 aromatic rings. The van der Waals surface area contributed by atoms with Gasteiger partial charge in [0, 0.05) is 4.47 Å². The van der Waals surface area contributed by atoms with Crippen molar-refractivity contribution in [3.8, 4) is 0 Å². The van der Waals surface area contributed by atoms with Crippen LogP contribution in [-0.2, 0) is 10.0 Å². The van der Waals surface area contributed by atoms with Crippen molar-refractivity contribution in [3.05, 3.63) is 28.2 Å². The summed E-state index contributed by atoms with van der Waals surface area (Å²) in [5.41, 5.74) is -0.142. The molecule has 7 heteroatoms. The van der Waals surface area contributed by atoms with Crippen molar-refractivity contribution in [2.75, 3.05) is 0 Å². The molecule has 0 amide bonds. The first kappa shape index (κ1) is 11.2. The standard InChI is InChI=1S/C7H6BrNO4S/c8-6-2-1-4(14(9,12)13)3-5(6)7(10)11/h1-3H,(H,10,11)(H2,9,12,13). The van der Waals surface area contributed by atoms with E-state index >= 15 is 0 Å². The van der Waals surface area contributed by atoms with Gasteiger partial charge in [-0.05, 0) is 34.1 Å². The van der Waals surface area contributed by atoms with Crippen LogP contribution in [0.1, 0.15) is 10.4 Å². The molecule has 3 N–H and O–H groups in total. The van der Waals surface area contributed by atoms with Crippen molar-refractivity contribution >= 4 is 31.9 Å². The van der Waals surface area contributed by atoms with Crippen LogP contribution < -0.4 is 5.14 Å². The normalized spacial score (nSPS) is 11.3. The van der Waals surface area contributed by atoms with Gasteiger partial charge in [-0.3, -0.25) is 0 Å². The van der Waals surface area contributed by atoms with Crippen LogP contribution in [0.25, 0.3) is 0 Å². The Balaban J connectivity index is 3.42. The number of nitrogens with two attached hydrogens (primary N) is 1. The van der Waals surface area contributed by atoms with Gasteiger partial charge in [0.1, 0.15) is 0 Å². The van der Waals surface area contributed by atoms with Gasteiger partial charge in [-0.1, -0.05) is 0 Å². The van der Waals surface area contributed by atoms with Crippen LogP contribution in [0.2, 0.25) is 0 Å². The molecule has 0 radical (unpaired) electrons. The molecule has 5 nitrogen and oxygen atoms in total. The zero-order chi connectivity index (χ0) is 10.9. The number of hydrogen-bond donors (Lipinski definition) is 2. The topological polar surface area (TPSA) is 97.5 Å². The first-order valence-corrected chi connectivity index (χ1v) is 5.72. The number of halogens is 1. The fraction of sp³-hybridized carbons (Fsp3) is 0. The Morgan fingerprint density at radius 1 is 1.43 bits per heavy atom. The van der Waals surface area contributed by atoms with Gasteiger partial charge in [-0.15, -0.1) is 0 Å². The molecule has 1 aromatic carbocycles. The van der Waals surface area contributed by atoms with Crippen molar-refractivity contribution in [1.29, 1.82) is 0 Å². The zero-order valence-electron chi connectivity index (χ0n) is 6.77. The highest BCUT2D eigenvalue weighted by Crippen LogP contribution is 2.20. The van der Waals surface area contributed by atoms with E-state index in [9.17, 15) is 13.2 Å². The van der Waals surface area contributed by atoms with Crippen molar-refractivity contribution in [2.24, 2.45) is 5.14 Å². The van der Waals surface area contributed by atoms with Gasteiger partial charge in [0.25, 0.3) is 0 Å². The van der Waals surface area contributed by atoms with Gasteiger partial charge in [0.15, 0.2) is 0 Å². The minimum atomic E-state index is -3.86. The molecule has 0 spiro atoms. The average Bonchev–Trinajstić information content (AvgIpc) is 2.02. The second-order valence-corrected chi connectivity index (χ2v) is 4.91. The van der Waals surface area contributed by atoms with Gasteiger partial charge in [-0.2, -0.15) is 0 Å². The molecular weight excluding hydrogens is 274 g/mol. The van der Waals surface area contributed by atoms with E-state index in [-0.39, 0.29) is 10.5 Å². The summed E-state index contributed by atoms with van der Waals surface area (Å²) < 4.78 is 22.1. The number of carboxylic acids is 1. The van der Waals surface area contributed by atoms with Crippen LogP contribution in [0.15, 0.2) is 27.6 Å². The van der Waals surface area contributed by atoms with E-state index in [4.69, 9.17) is 10.2 Å². The van der Waals surface area contributed by atoms with Crippen LogP contribution in [0.4, 0.5) is 0 Å². The Morgan fingerprint density at radius 3 is 2.43 bits per heavy atom. The molecular formula is C7H6BrNO4S. The molecule has 0 heterocycles. The lowest BCUT2D eigenvalue weighted by Gasteiger charge is -2.01. The molecule has 0 fully saturated rings. The third-order valence-electron chi connectivity index (χ3n) is 1.50. The summed E-state index contributed by atoms with van der Waals surface area (Å²) in [5.74, 6) is -1.22. The zero-order valence-corrected chi connectivity index (χ0v) is 9.17. The predicted octanol–water partition coefficient (Wildman–Crippen LogP) is 0.795. The van der Waals surface area contributed by atoms with Gasteiger partial charge < -0.3 is 5.11 Å². The van der Waals surface area contributed by atoms with Crippen LogP contribution in [-0.4, -0.2) is 19.5 Å². The van der Waals surface area contributed by atoms with Crippen molar-refractivity contribution < 1.29 is 18.3 Å². The minimum absolute atomic E-state index is 0.142. The molecule has 0 aliphatic heterocycles. The molecule has 0 aromatic heterocycles. The van der Waals surface area contributed by atoms with E-state index in [1.165, 1.54) is 12.1 Å². The van der Waals surface area contributed by atoms with Gasteiger partial charge in [0.05, 0.1) is 10.5 Å². The van der Waals surface area contributed by atoms with E-state index in [1.807, 2.05) is 0 Å². The van der Waals surface area contributed by atoms with Crippen molar-refractivity contribution in [3.63, 3.8) is 0 Å². The summed E-state index contributed by atoms with van der Waals surface area (Å²) in [7, 11) is -3.86. The maximum atomic E-state index is 10.9. The second-order valence-electron chi connectivity index (χ2n) is 2.49. The highest BCUT2D eigenvalue weighted by molar-refractivity contribution is 9.10. The van der Waals surface area contributed by atoms with Gasteiger partial charge in [0.2, 0.25) is 10.0 Å². The monoisotopic (exact) mass is 279 g/mol. The highest BCUT2D eigenvalue weighted by Gasteiger charge is 2.14. The lowest BCUT2D eigenvalue weighted by molar-refractivity contribution is 0.0695. The van der Waals surface area contributed by atoms with E-state index in [0.29, 0.717) is 4.47 Å². The Labute approximate surface area is 88.7 Å². The first-order valence-electron chi connectivity index (χ1n) is 3.38. The smallest absolute Gasteiger partial charge is 0.336 e. The molecule has 76 valence electrons. The molecule has 0 bridgehead atoms. The minimum Gasteiger partial charge on any atom is -0.478 e. The number of carboxylic acid groups (broad SMARTS) is 1. The lowest BCUT2D eigenvalue weighted by atomic mass is 10.2. The number of sulfonamides is 1. The number of hydrogen-bond acceptors (Lipinski definition) is 3. The van der Waals surface area contributed by atoms with E-state index in [1.54, 1.807) is 0 Å². The number of carbonyl (C=O) groups is 1. The van der Waals surface area contributed by atoms with Crippen LogP contribution in [0.3, 0.4) is 0 Å². The van der Waals surface area contributed by atoms with Crippen LogP contribution in [0, 0.1) is 0 Å². The van der Waals surface area contributed by atoms with Gasteiger partial charge in [-0.25, -0.2) is 18.4 Å². The van der Waals surface area contributed by atoms with Crippen molar-refractivity contribution in [2.45, 2.75) is 4.90 Å². The molecule has 0 saturated carbocycles. The largest absolute Gasteiger partial charge is 0.478 e. The molecule has 1 rings (SSSR count). The predicted molar refractivity (Wildman–Crippen MR) is 52.5 cm³/mol. The molecule has 0 unspecified atom stereocenters. The Bertz CT molecular complexity index is 482. The van der Waals surface area contributed by atoms with Crippen molar-refractivity contribution in [1.82, 2.24) is 0 Å². The van der Waals surface area contributed by atoms with E-state index in [0.717, 1.165) is 6.07 Å². The van der Waals surface area contributed by atoms with Crippen LogP contribution >= 0.6 is 15.9 Å². The lowest BCUT2D eigenvalue weighted by Crippen LogP contribution is -2.13. The molecule has 0 atom stereocenters. The second kappa shape index (κ2) is 3.68. The Kier molecular flexibility index (Phi) is 2.93. The summed E-state index contributed by atoms with van der Waals surface area (Å²) in [6, 6.07) is 3.55. The fourth-order valence-corrected chi connectivity index (χ4v) is 1.80. The maximum absolute atomic E-state index is 10.9. The summed E-state index contributed by atoms with van der Waals surface area (Å²) >= 11 is 2.98. The third kappa shape index (κ3) is 2.31. The molecule has 14 heavy (non-hydrogen) atoms. The molecule has 0 aliphatic rings. The summed E-state index contributed by atoms with van der Waals surface area (Å²) in [4.78, 5) is 10.4. The van der Waals surface area contributed by atoms with E-state index < -0.39 is 16.0 Å². The van der Waals surface area contributed by atoms with Crippen LogP contribution in [0.5, 0.6) is 0 Å². The maximum Gasteiger partial charge on any atom is 0.336 e.